The first-order valence-electron chi connectivity index (χ1n) is 10.5. The van der Waals surface area contributed by atoms with Gasteiger partial charge in [0.1, 0.15) is 11.2 Å². The van der Waals surface area contributed by atoms with Gasteiger partial charge in [0.05, 0.1) is 4.47 Å². The molecular weight excluding hydrogens is 474 g/mol. The number of carbonyl (C=O) groups is 2. The number of nitrogens with two attached hydrogens (primary N) is 1. The number of primary amides is 1. The van der Waals surface area contributed by atoms with Gasteiger partial charge in [0, 0.05) is 24.4 Å². The normalized spacial score (nSPS) is 10.7. The Balaban J connectivity index is 0.000000814. The molecule has 8 heteroatoms. The summed E-state index contributed by atoms with van der Waals surface area (Å²) in [5.74, 6) is 0.509. The molecule has 0 saturated carbocycles. The SMILES string of the molecule is CC.CC(C)(C)OC(=O)CCc1ccc(-c2ncc(Br)cn2)cc1.CC(C)(C)OC(N)=O. The van der Waals surface area contributed by atoms with E-state index in [1.165, 1.54) is 0 Å². The summed E-state index contributed by atoms with van der Waals surface area (Å²) in [4.78, 5) is 30.2. The average molecular weight is 510 g/mol. The van der Waals surface area contributed by atoms with Gasteiger partial charge in [0.15, 0.2) is 5.82 Å². The summed E-state index contributed by atoms with van der Waals surface area (Å²) in [7, 11) is 0. The molecule has 2 rings (SSSR count). The summed E-state index contributed by atoms with van der Waals surface area (Å²) in [5, 5.41) is 0. The third-order valence-electron chi connectivity index (χ3n) is 3.28. The molecule has 0 aliphatic carbocycles. The number of nitrogens with zero attached hydrogens (tertiary/aromatic N) is 2. The zero-order valence-electron chi connectivity index (χ0n) is 20.4. The Labute approximate surface area is 200 Å². The van der Waals surface area contributed by atoms with Crippen LogP contribution < -0.4 is 5.73 Å². The van der Waals surface area contributed by atoms with Crippen LogP contribution in [0.5, 0.6) is 0 Å². The van der Waals surface area contributed by atoms with Gasteiger partial charge in [-0.2, -0.15) is 0 Å². The Morgan fingerprint density at radius 1 is 0.906 bits per heavy atom. The van der Waals surface area contributed by atoms with Gasteiger partial charge in [0.25, 0.3) is 0 Å². The molecule has 2 N–H and O–H groups in total. The van der Waals surface area contributed by atoms with E-state index in [4.69, 9.17) is 10.5 Å². The van der Waals surface area contributed by atoms with E-state index in [0.717, 1.165) is 15.6 Å². The second-order valence-corrected chi connectivity index (χ2v) is 9.46. The molecule has 178 valence electrons. The van der Waals surface area contributed by atoms with E-state index in [2.05, 4.69) is 30.6 Å². The lowest BCUT2D eigenvalue weighted by molar-refractivity contribution is -0.154. The number of halogens is 1. The molecule has 1 aromatic carbocycles. The summed E-state index contributed by atoms with van der Waals surface area (Å²) < 4.78 is 10.7. The van der Waals surface area contributed by atoms with Crippen LogP contribution in [0.2, 0.25) is 0 Å². The van der Waals surface area contributed by atoms with Crippen molar-refractivity contribution >= 4 is 28.0 Å². The first kappa shape index (κ1) is 29.5. The van der Waals surface area contributed by atoms with Crippen molar-refractivity contribution in [1.82, 2.24) is 9.97 Å². The van der Waals surface area contributed by atoms with E-state index >= 15 is 0 Å². The topological polar surface area (TPSA) is 104 Å². The van der Waals surface area contributed by atoms with Crippen molar-refractivity contribution in [3.05, 3.63) is 46.7 Å². The largest absolute Gasteiger partial charge is 0.460 e. The Morgan fingerprint density at radius 2 is 1.38 bits per heavy atom. The van der Waals surface area contributed by atoms with Gasteiger partial charge >= 0.3 is 12.1 Å². The first-order chi connectivity index (χ1) is 14.7. The van der Waals surface area contributed by atoms with Crippen molar-refractivity contribution in [2.24, 2.45) is 5.73 Å². The van der Waals surface area contributed by atoms with Crippen LogP contribution in [0.4, 0.5) is 4.79 Å². The molecule has 1 heterocycles. The molecule has 0 aliphatic heterocycles. The van der Waals surface area contributed by atoms with Crippen molar-refractivity contribution in [3.63, 3.8) is 0 Å². The van der Waals surface area contributed by atoms with E-state index in [0.29, 0.717) is 18.7 Å². The molecular formula is C24H36BrN3O4. The molecule has 1 amide bonds. The van der Waals surface area contributed by atoms with Crippen LogP contribution in [0, 0.1) is 0 Å². The number of aromatic nitrogens is 2. The number of aryl methyl sites for hydroxylation is 1. The smallest absolute Gasteiger partial charge is 0.405 e. The van der Waals surface area contributed by atoms with Gasteiger partial charge in [-0.15, -0.1) is 0 Å². The van der Waals surface area contributed by atoms with Crippen molar-refractivity contribution < 1.29 is 19.1 Å². The van der Waals surface area contributed by atoms with Crippen LogP contribution in [-0.4, -0.2) is 33.2 Å². The first-order valence-corrected chi connectivity index (χ1v) is 11.3. The van der Waals surface area contributed by atoms with Crippen LogP contribution in [0.1, 0.15) is 67.4 Å². The number of hydrogen-bond acceptors (Lipinski definition) is 6. The Morgan fingerprint density at radius 3 is 1.75 bits per heavy atom. The summed E-state index contributed by atoms with van der Waals surface area (Å²) >= 11 is 3.32. The highest BCUT2D eigenvalue weighted by Gasteiger charge is 2.16. The fourth-order valence-electron chi connectivity index (χ4n) is 2.22. The predicted octanol–water partition coefficient (Wildman–Crippen LogP) is 6.09. The second-order valence-electron chi connectivity index (χ2n) is 8.54. The van der Waals surface area contributed by atoms with Crippen LogP contribution in [0.25, 0.3) is 11.4 Å². The van der Waals surface area contributed by atoms with Crippen molar-refractivity contribution in [2.45, 2.75) is 79.4 Å². The van der Waals surface area contributed by atoms with E-state index < -0.39 is 17.3 Å². The molecule has 32 heavy (non-hydrogen) atoms. The Bertz CT molecular complexity index is 824. The molecule has 0 bridgehead atoms. The summed E-state index contributed by atoms with van der Waals surface area (Å²) in [5.41, 5.74) is 5.88. The Hall–Kier alpha value is -2.48. The lowest BCUT2D eigenvalue weighted by atomic mass is 10.1. The highest BCUT2D eigenvalue weighted by atomic mass is 79.9. The number of esters is 1. The maximum absolute atomic E-state index is 11.7. The molecule has 0 aliphatic rings. The van der Waals surface area contributed by atoms with Gasteiger partial charge in [-0.25, -0.2) is 14.8 Å². The van der Waals surface area contributed by atoms with E-state index in [1.54, 1.807) is 33.2 Å². The maximum Gasteiger partial charge on any atom is 0.405 e. The van der Waals surface area contributed by atoms with Crippen LogP contribution >= 0.6 is 15.9 Å². The molecule has 0 radical (unpaired) electrons. The number of amides is 1. The van der Waals surface area contributed by atoms with Crippen LogP contribution in [0.15, 0.2) is 41.1 Å². The fraction of sp³-hybridized carbons (Fsp3) is 0.500. The molecule has 0 fully saturated rings. The zero-order valence-corrected chi connectivity index (χ0v) is 21.9. The fourth-order valence-corrected chi connectivity index (χ4v) is 2.43. The third kappa shape index (κ3) is 14.5. The van der Waals surface area contributed by atoms with Crippen LogP contribution in [0.3, 0.4) is 0 Å². The monoisotopic (exact) mass is 509 g/mol. The minimum atomic E-state index is -0.725. The minimum absolute atomic E-state index is 0.173. The molecule has 0 atom stereocenters. The predicted molar refractivity (Wildman–Crippen MR) is 131 cm³/mol. The van der Waals surface area contributed by atoms with Crippen LogP contribution in [-0.2, 0) is 20.7 Å². The highest BCUT2D eigenvalue weighted by molar-refractivity contribution is 9.10. The standard InChI is InChI=1S/C17H19BrN2O2.C5H11NO2.C2H6/c1-17(2,3)22-15(21)9-6-12-4-7-13(8-5-12)16-19-10-14(18)11-20-16;1-5(2,3)8-4(6)7;1-2/h4-5,7-8,10-11H,6,9H2,1-3H3;1-3H3,(H2,6,7);1-2H3. The van der Waals surface area contributed by atoms with Crippen molar-refractivity contribution in [3.8, 4) is 11.4 Å². The highest BCUT2D eigenvalue weighted by Crippen LogP contribution is 2.18. The molecule has 1 aromatic heterocycles. The number of carbonyl (C=O) groups excluding carboxylic acids is 2. The molecule has 7 nitrogen and oxygen atoms in total. The number of benzene rings is 1. The van der Waals surface area contributed by atoms with Gasteiger partial charge in [-0.05, 0) is 69.5 Å². The lowest BCUT2D eigenvalue weighted by Crippen LogP contribution is -2.27. The number of rotatable bonds is 4. The molecule has 0 spiro atoms. The molecule has 2 aromatic rings. The Kier molecular flexibility index (Phi) is 12.8. The van der Waals surface area contributed by atoms with Gasteiger partial charge in [-0.1, -0.05) is 38.1 Å². The summed E-state index contributed by atoms with van der Waals surface area (Å²) in [6.07, 6.45) is 3.76. The minimum Gasteiger partial charge on any atom is -0.460 e. The lowest BCUT2D eigenvalue weighted by Gasteiger charge is -2.19. The molecule has 0 unspecified atom stereocenters. The number of hydrogen-bond donors (Lipinski definition) is 1. The van der Waals surface area contributed by atoms with Gasteiger partial charge in [0.2, 0.25) is 0 Å². The zero-order chi connectivity index (χ0) is 24.9. The second kappa shape index (κ2) is 13.8. The van der Waals surface area contributed by atoms with E-state index in [-0.39, 0.29) is 5.97 Å². The third-order valence-corrected chi connectivity index (χ3v) is 3.69. The summed E-state index contributed by atoms with van der Waals surface area (Å²) in [6.45, 7) is 14.9. The van der Waals surface area contributed by atoms with Gasteiger partial charge < -0.3 is 15.2 Å². The van der Waals surface area contributed by atoms with Crippen molar-refractivity contribution in [1.29, 1.82) is 0 Å². The average Bonchev–Trinajstić information content (AvgIpc) is 2.66. The van der Waals surface area contributed by atoms with E-state index in [9.17, 15) is 9.59 Å². The number of ether oxygens (including phenoxy) is 2. The van der Waals surface area contributed by atoms with Crippen molar-refractivity contribution in [2.75, 3.05) is 0 Å². The van der Waals surface area contributed by atoms with E-state index in [1.807, 2.05) is 58.9 Å². The maximum atomic E-state index is 11.7. The summed E-state index contributed by atoms with van der Waals surface area (Å²) in [6, 6.07) is 7.91. The van der Waals surface area contributed by atoms with Gasteiger partial charge in [-0.3, -0.25) is 4.79 Å². The quantitative estimate of drug-likeness (QED) is 0.500. The molecule has 0 saturated heterocycles.